The zero-order chi connectivity index (χ0) is 59.8. The minimum atomic E-state index is 0. The van der Waals surface area contributed by atoms with E-state index in [9.17, 15) is 0 Å². The molecule has 0 aliphatic rings. The Kier molecular flexibility index (Phi) is 15.4. The first kappa shape index (κ1) is 58.3. The van der Waals surface area contributed by atoms with Crippen molar-refractivity contribution in [2.45, 2.75) is 0 Å². The van der Waals surface area contributed by atoms with Crippen LogP contribution >= 0.6 is 22.7 Å². The Hall–Kier alpha value is -10.1. The molecule has 0 spiro atoms. The average molecular weight is 1580 g/mol. The number of thiophene rings is 2. The second kappa shape index (κ2) is 24.3. The van der Waals surface area contributed by atoms with Crippen molar-refractivity contribution in [2.24, 2.45) is 14.1 Å². The Balaban J connectivity index is 0.000000149. The van der Waals surface area contributed by atoms with E-state index >= 15 is 0 Å². The molecule has 0 aliphatic heterocycles. The summed E-state index contributed by atoms with van der Waals surface area (Å²) in [6.45, 7) is 0. The van der Waals surface area contributed by atoms with Gasteiger partial charge in [0.25, 0.3) is 0 Å². The first-order chi connectivity index (χ1) is 44.5. The van der Waals surface area contributed by atoms with Gasteiger partial charge in [-0.1, -0.05) is 138 Å². The number of aromatic nitrogens is 8. The third kappa shape index (κ3) is 10.0. The molecule has 8 aromatic heterocycles. The largest absolute Gasteiger partial charge is 2.00 e. The zero-order valence-electron chi connectivity index (χ0n) is 49.3. The van der Waals surface area contributed by atoms with Crippen LogP contribution in [0.5, 0.6) is 0 Å². The van der Waals surface area contributed by atoms with Crippen LogP contribution in [0.4, 0.5) is 34.1 Å². The standard InChI is InChI=1S/2C39H25N5S.2Pt/c1-42-23-21-33(41-42)26-10-8-11-27(24-26)43(35-16-9-14-32-31-13-3-5-17-37(31)45-39(32)35)28-19-20-30-29-12-2-4-15-34(29)44(36(30)25-28)38-18-6-7-22-40-38;1-42-23-22-41-39(42)26-10-8-11-27(24-26)43(34-16-9-14-32-31-13-3-5-17-36(31)45-38(32)34)28-19-20-30-29-12-2-4-15-33(29)44(35(30)25-28)37-18-6-7-21-40-37;;/h2*2-23H,1H3;;/q2*-2;2*+2. The summed E-state index contributed by atoms with van der Waals surface area (Å²) in [4.78, 5) is 18.7. The molecule has 0 fully saturated rings. The number of fused-ring (bicyclic) bond motifs is 12. The van der Waals surface area contributed by atoms with E-state index < -0.39 is 0 Å². The Morgan fingerprint density at radius 2 is 0.815 bits per heavy atom. The third-order valence-corrected chi connectivity index (χ3v) is 19.1. The van der Waals surface area contributed by atoms with Gasteiger partial charge in [-0.15, -0.1) is 117 Å². The van der Waals surface area contributed by atoms with Gasteiger partial charge in [-0.3, -0.25) is 9.67 Å². The van der Waals surface area contributed by atoms with Crippen LogP contribution in [0.2, 0.25) is 0 Å². The average Bonchev–Trinajstić information content (AvgIpc) is 1.56. The topological polar surface area (TPSA) is 77.8 Å². The molecule has 0 radical (unpaired) electrons. The second-order valence-corrected chi connectivity index (χ2v) is 24.2. The molecule has 0 atom stereocenters. The fraction of sp³-hybridized carbons (Fsp3) is 0.0256. The van der Waals surface area contributed by atoms with Gasteiger partial charge in [-0.05, 0) is 82.8 Å². The number of rotatable bonds is 10. The molecule has 10 aromatic carbocycles. The molecule has 10 nitrogen and oxygen atoms in total. The van der Waals surface area contributed by atoms with Crippen molar-refractivity contribution in [1.29, 1.82) is 0 Å². The number of hydrogen-bond acceptors (Lipinski definition) is 8. The number of imidazole rings is 1. The summed E-state index contributed by atoms with van der Waals surface area (Å²) in [5.41, 5.74) is 12.7. The van der Waals surface area contributed by atoms with Gasteiger partial charge < -0.3 is 23.5 Å². The molecule has 444 valence electrons. The van der Waals surface area contributed by atoms with Gasteiger partial charge in [0.1, 0.15) is 11.6 Å². The summed E-state index contributed by atoms with van der Waals surface area (Å²) < 4.78 is 13.2. The smallest absolute Gasteiger partial charge is 0.373 e. The van der Waals surface area contributed by atoms with E-state index in [0.717, 1.165) is 101 Å². The van der Waals surface area contributed by atoms with Crippen molar-refractivity contribution in [3.63, 3.8) is 0 Å². The molecule has 18 rings (SSSR count). The summed E-state index contributed by atoms with van der Waals surface area (Å²) in [7, 11) is 3.95. The van der Waals surface area contributed by atoms with E-state index in [1.54, 1.807) is 0 Å². The molecule has 0 saturated heterocycles. The van der Waals surface area contributed by atoms with Crippen LogP contribution in [0.15, 0.2) is 268 Å². The molecular weight excluding hydrogens is 1530 g/mol. The van der Waals surface area contributed by atoms with Gasteiger partial charge in [0.05, 0.1) is 26.6 Å². The van der Waals surface area contributed by atoms with Gasteiger partial charge in [-0.2, -0.15) is 12.1 Å². The summed E-state index contributed by atoms with van der Waals surface area (Å²) in [5.74, 6) is 2.59. The fourth-order valence-electron chi connectivity index (χ4n) is 12.7. The molecule has 0 bridgehead atoms. The maximum atomic E-state index is 4.74. The van der Waals surface area contributed by atoms with Crippen LogP contribution in [-0.4, -0.2) is 38.4 Å². The van der Waals surface area contributed by atoms with Crippen LogP contribution < -0.4 is 9.80 Å². The van der Waals surface area contributed by atoms with Crippen molar-refractivity contribution >= 4 is 141 Å². The van der Waals surface area contributed by atoms with Crippen molar-refractivity contribution in [3.8, 4) is 34.3 Å². The molecule has 0 aliphatic carbocycles. The van der Waals surface area contributed by atoms with Crippen LogP contribution in [0.1, 0.15) is 0 Å². The van der Waals surface area contributed by atoms with Crippen molar-refractivity contribution in [3.05, 3.63) is 292 Å². The number of benzene rings is 10. The quantitative estimate of drug-likeness (QED) is 0.127. The molecule has 8 heterocycles. The number of aryl methyl sites for hydroxylation is 2. The molecule has 0 saturated carbocycles. The number of hydrogen-bond donors (Lipinski definition) is 0. The number of nitrogens with zero attached hydrogens (tertiary/aromatic N) is 10. The van der Waals surface area contributed by atoms with Gasteiger partial charge in [-0.25, -0.2) is 15.1 Å². The molecule has 92 heavy (non-hydrogen) atoms. The number of para-hydroxylation sites is 2. The van der Waals surface area contributed by atoms with E-state index in [1.807, 2.05) is 119 Å². The predicted octanol–water partition coefficient (Wildman–Crippen LogP) is 20.0. The van der Waals surface area contributed by atoms with E-state index in [2.05, 4.69) is 247 Å². The van der Waals surface area contributed by atoms with E-state index in [0.29, 0.717) is 0 Å². The second-order valence-electron chi connectivity index (χ2n) is 22.1. The number of anilines is 6. The Bertz CT molecular complexity index is 5770. The molecular formula is C78H50N10Pt2S2. The van der Waals surface area contributed by atoms with Gasteiger partial charge in [0.15, 0.2) is 0 Å². The monoisotopic (exact) mass is 1580 g/mol. The summed E-state index contributed by atoms with van der Waals surface area (Å²) >= 11 is 3.63. The SMILES string of the molecule is Cn1ccc(-c2[c-]c(N(c3[c-]c4c(cc3)c3ccccc3n4-c3ccccn3)c3cccc4c3sc3ccccc34)ccc2)n1.Cn1ccnc1-c1[c-]c(N(c2[c-]c3c(cc2)c2ccccc2n3-c2ccccn2)c2cccc3c2sc2ccccc23)ccc1.[Pt+2].[Pt+2]. The van der Waals surface area contributed by atoms with E-state index in [-0.39, 0.29) is 42.1 Å². The molecule has 0 amide bonds. The summed E-state index contributed by atoms with van der Waals surface area (Å²) in [5, 5.41) is 14.3. The van der Waals surface area contributed by atoms with E-state index in [4.69, 9.17) is 9.97 Å². The molecule has 0 unspecified atom stereocenters. The minimum absolute atomic E-state index is 0. The van der Waals surface area contributed by atoms with Gasteiger partial charge in [0.2, 0.25) is 0 Å². The van der Waals surface area contributed by atoms with Crippen molar-refractivity contribution in [1.82, 2.24) is 38.4 Å². The molecule has 0 N–H and O–H groups in total. The predicted molar refractivity (Wildman–Crippen MR) is 372 cm³/mol. The Morgan fingerprint density at radius 3 is 1.30 bits per heavy atom. The van der Waals surface area contributed by atoms with Gasteiger partial charge >= 0.3 is 42.1 Å². The molecule has 14 heteroatoms. The first-order valence-electron chi connectivity index (χ1n) is 29.6. The van der Waals surface area contributed by atoms with Crippen molar-refractivity contribution < 1.29 is 42.1 Å². The van der Waals surface area contributed by atoms with Crippen LogP contribution in [0.25, 0.3) is 118 Å². The van der Waals surface area contributed by atoms with E-state index in [1.165, 1.54) is 51.1 Å². The summed E-state index contributed by atoms with van der Waals surface area (Å²) in [6.07, 6.45) is 9.43. The fourth-order valence-corrected chi connectivity index (χ4v) is 15.1. The van der Waals surface area contributed by atoms with Crippen LogP contribution in [0, 0.1) is 24.3 Å². The first-order valence-corrected chi connectivity index (χ1v) is 31.3. The van der Waals surface area contributed by atoms with Crippen LogP contribution in [-0.2, 0) is 56.2 Å². The Morgan fingerprint density at radius 1 is 0.359 bits per heavy atom. The number of pyridine rings is 2. The third-order valence-electron chi connectivity index (χ3n) is 16.7. The normalized spacial score (nSPS) is 11.4. The maximum absolute atomic E-state index is 4.74. The summed E-state index contributed by atoms with van der Waals surface area (Å²) in [6, 6.07) is 97.9. The maximum Gasteiger partial charge on any atom is 2.00 e. The van der Waals surface area contributed by atoms with Gasteiger partial charge in [0, 0.05) is 92.8 Å². The molecule has 18 aromatic rings. The van der Waals surface area contributed by atoms with Crippen LogP contribution in [0.3, 0.4) is 0 Å². The Labute approximate surface area is 566 Å². The van der Waals surface area contributed by atoms with Crippen molar-refractivity contribution in [2.75, 3.05) is 9.80 Å². The zero-order valence-corrected chi connectivity index (χ0v) is 55.5. The minimum Gasteiger partial charge on any atom is -0.373 e.